The molecule has 0 saturated heterocycles. The number of hydrogen-bond donors (Lipinski definition) is 1. The number of nitrogens with zero attached hydrogens (tertiary/aromatic N) is 3. The van der Waals surface area contributed by atoms with Gasteiger partial charge >= 0.3 is 0 Å². The molecule has 1 heterocycles. The molecular weight excluding hydrogens is 219 g/mol. The molecule has 2 aromatic carbocycles. The van der Waals surface area contributed by atoms with Crippen molar-refractivity contribution in [2.75, 3.05) is 5.73 Å². The largest absolute Gasteiger partial charge is 0.399 e. The summed E-state index contributed by atoms with van der Waals surface area (Å²) in [4.78, 5) is 0. The van der Waals surface area contributed by atoms with Gasteiger partial charge in [0.25, 0.3) is 0 Å². The van der Waals surface area contributed by atoms with Gasteiger partial charge in [-0.05, 0) is 30.3 Å². The van der Waals surface area contributed by atoms with Crippen molar-refractivity contribution < 1.29 is 4.39 Å². The monoisotopic (exact) mass is 228 g/mol. The number of para-hydroxylation sites is 1. The van der Waals surface area contributed by atoms with Crippen LogP contribution in [0.25, 0.3) is 16.7 Å². The fourth-order valence-corrected chi connectivity index (χ4v) is 1.78. The number of rotatable bonds is 1. The Morgan fingerprint density at radius 2 is 1.94 bits per heavy atom. The molecule has 2 N–H and O–H groups in total. The average Bonchev–Trinajstić information content (AvgIpc) is 2.71. The van der Waals surface area contributed by atoms with E-state index in [-0.39, 0.29) is 5.82 Å². The first kappa shape index (κ1) is 9.77. The molecule has 4 nitrogen and oxygen atoms in total. The lowest BCUT2D eigenvalue weighted by molar-refractivity contribution is 0.626. The van der Waals surface area contributed by atoms with Crippen LogP contribution >= 0.6 is 0 Å². The minimum absolute atomic E-state index is 0.361. The Morgan fingerprint density at radius 1 is 1.12 bits per heavy atom. The molecule has 0 spiro atoms. The van der Waals surface area contributed by atoms with E-state index in [9.17, 15) is 4.39 Å². The molecular formula is C12H9FN4. The molecule has 1 aromatic heterocycles. The molecule has 5 heteroatoms. The lowest BCUT2D eigenvalue weighted by Gasteiger charge is -2.03. The molecule has 3 rings (SSSR count). The number of aromatic nitrogens is 3. The van der Waals surface area contributed by atoms with Gasteiger partial charge in [0, 0.05) is 5.69 Å². The fourth-order valence-electron chi connectivity index (χ4n) is 1.78. The van der Waals surface area contributed by atoms with Gasteiger partial charge in [0.1, 0.15) is 11.3 Å². The van der Waals surface area contributed by atoms with Gasteiger partial charge in [-0.25, -0.2) is 9.07 Å². The molecule has 0 unspecified atom stereocenters. The van der Waals surface area contributed by atoms with E-state index >= 15 is 0 Å². The van der Waals surface area contributed by atoms with Crippen LogP contribution in [0, 0.1) is 5.82 Å². The second-order valence-corrected chi connectivity index (χ2v) is 3.73. The van der Waals surface area contributed by atoms with Crippen molar-refractivity contribution >= 4 is 16.7 Å². The minimum atomic E-state index is -0.389. The standard InChI is InChI=1S/C12H9FN4/c13-8-5-9(14)7-10(6-8)17-12-4-2-1-3-11(12)15-16-17/h1-7H,14H2. The molecule has 0 bridgehead atoms. The number of hydrogen-bond acceptors (Lipinski definition) is 3. The summed E-state index contributed by atoms with van der Waals surface area (Å²) >= 11 is 0. The topological polar surface area (TPSA) is 56.7 Å². The molecule has 0 saturated carbocycles. The molecule has 0 aliphatic heterocycles. The molecule has 0 aliphatic rings. The van der Waals surface area contributed by atoms with Crippen molar-refractivity contribution in [1.29, 1.82) is 0 Å². The van der Waals surface area contributed by atoms with Gasteiger partial charge in [-0.1, -0.05) is 17.3 Å². The molecule has 0 fully saturated rings. The van der Waals surface area contributed by atoms with E-state index in [0.29, 0.717) is 11.4 Å². The molecule has 3 aromatic rings. The maximum atomic E-state index is 13.3. The highest BCUT2D eigenvalue weighted by Crippen LogP contribution is 2.19. The van der Waals surface area contributed by atoms with Crippen molar-refractivity contribution in [2.24, 2.45) is 0 Å². The molecule has 0 aliphatic carbocycles. The van der Waals surface area contributed by atoms with Crippen LogP contribution in [-0.4, -0.2) is 15.0 Å². The van der Waals surface area contributed by atoms with Gasteiger partial charge < -0.3 is 5.73 Å². The summed E-state index contributed by atoms with van der Waals surface area (Å²) in [6.45, 7) is 0. The number of benzene rings is 2. The summed E-state index contributed by atoms with van der Waals surface area (Å²) in [5.41, 5.74) is 8.11. The van der Waals surface area contributed by atoms with E-state index in [1.165, 1.54) is 12.1 Å². The van der Waals surface area contributed by atoms with Gasteiger partial charge in [0.15, 0.2) is 0 Å². The Morgan fingerprint density at radius 3 is 2.76 bits per heavy atom. The van der Waals surface area contributed by atoms with Gasteiger partial charge in [0.2, 0.25) is 0 Å². The fraction of sp³-hybridized carbons (Fsp3) is 0. The Balaban J connectivity index is 2.27. The second kappa shape index (κ2) is 3.55. The Bertz CT molecular complexity index is 670. The van der Waals surface area contributed by atoms with Crippen LogP contribution in [0.3, 0.4) is 0 Å². The third-order valence-electron chi connectivity index (χ3n) is 2.50. The third-order valence-corrected chi connectivity index (χ3v) is 2.50. The van der Waals surface area contributed by atoms with Gasteiger partial charge in [0.05, 0.1) is 11.2 Å². The SMILES string of the molecule is Nc1cc(F)cc(-n2nnc3ccccc32)c1. The zero-order valence-electron chi connectivity index (χ0n) is 8.84. The first-order valence-electron chi connectivity index (χ1n) is 5.11. The van der Waals surface area contributed by atoms with E-state index in [1.54, 1.807) is 10.7 Å². The number of anilines is 1. The molecule has 17 heavy (non-hydrogen) atoms. The maximum Gasteiger partial charge on any atom is 0.127 e. The van der Waals surface area contributed by atoms with Crippen LogP contribution in [0.4, 0.5) is 10.1 Å². The smallest absolute Gasteiger partial charge is 0.127 e. The lowest BCUT2D eigenvalue weighted by Crippen LogP contribution is -1.99. The van der Waals surface area contributed by atoms with Crippen LogP contribution < -0.4 is 5.73 Å². The van der Waals surface area contributed by atoms with Gasteiger partial charge in [-0.2, -0.15) is 0 Å². The highest BCUT2D eigenvalue weighted by Gasteiger charge is 2.07. The van der Waals surface area contributed by atoms with Crippen molar-refractivity contribution in [3.05, 3.63) is 48.3 Å². The molecule has 84 valence electrons. The Hall–Kier alpha value is -2.43. The normalized spacial score (nSPS) is 10.9. The summed E-state index contributed by atoms with van der Waals surface area (Å²) in [6, 6.07) is 11.8. The number of nitrogens with two attached hydrogens (primary N) is 1. The molecule has 0 amide bonds. The van der Waals surface area contributed by atoms with E-state index in [0.717, 1.165) is 11.0 Å². The summed E-state index contributed by atoms with van der Waals surface area (Å²) < 4.78 is 14.8. The lowest BCUT2D eigenvalue weighted by atomic mass is 10.2. The van der Waals surface area contributed by atoms with Crippen molar-refractivity contribution in [2.45, 2.75) is 0 Å². The summed E-state index contributed by atoms with van der Waals surface area (Å²) in [5.74, 6) is -0.389. The predicted octanol–water partition coefficient (Wildman–Crippen LogP) is 2.14. The second-order valence-electron chi connectivity index (χ2n) is 3.73. The highest BCUT2D eigenvalue weighted by molar-refractivity contribution is 5.76. The van der Waals surface area contributed by atoms with Crippen LogP contribution in [0.2, 0.25) is 0 Å². The summed E-state index contributed by atoms with van der Waals surface area (Å²) in [7, 11) is 0. The van der Waals surface area contributed by atoms with Crippen molar-refractivity contribution in [1.82, 2.24) is 15.0 Å². The van der Waals surface area contributed by atoms with Gasteiger partial charge in [-0.3, -0.25) is 0 Å². The molecule has 0 atom stereocenters. The zero-order chi connectivity index (χ0) is 11.8. The van der Waals surface area contributed by atoms with E-state index in [4.69, 9.17) is 5.73 Å². The van der Waals surface area contributed by atoms with Crippen molar-refractivity contribution in [3.8, 4) is 5.69 Å². The zero-order valence-corrected chi connectivity index (χ0v) is 8.84. The Kier molecular flexibility index (Phi) is 2.04. The summed E-state index contributed by atoms with van der Waals surface area (Å²) in [6.07, 6.45) is 0. The minimum Gasteiger partial charge on any atom is -0.399 e. The average molecular weight is 228 g/mol. The quantitative estimate of drug-likeness (QED) is 0.649. The van der Waals surface area contributed by atoms with Crippen LogP contribution in [0.5, 0.6) is 0 Å². The van der Waals surface area contributed by atoms with Crippen LogP contribution in [-0.2, 0) is 0 Å². The highest BCUT2D eigenvalue weighted by atomic mass is 19.1. The van der Waals surface area contributed by atoms with Crippen LogP contribution in [0.15, 0.2) is 42.5 Å². The first-order valence-corrected chi connectivity index (χ1v) is 5.11. The van der Waals surface area contributed by atoms with E-state index in [1.807, 2.05) is 24.3 Å². The van der Waals surface area contributed by atoms with E-state index in [2.05, 4.69) is 10.3 Å². The van der Waals surface area contributed by atoms with Crippen LogP contribution in [0.1, 0.15) is 0 Å². The third kappa shape index (κ3) is 1.61. The Labute approximate surface area is 96.5 Å². The van der Waals surface area contributed by atoms with Gasteiger partial charge in [-0.15, -0.1) is 5.10 Å². The number of halogens is 1. The number of nitrogen functional groups attached to an aromatic ring is 1. The number of fused-ring (bicyclic) bond motifs is 1. The van der Waals surface area contributed by atoms with Crippen molar-refractivity contribution in [3.63, 3.8) is 0 Å². The maximum absolute atomic E-state index is 13.3. The molecule has 0 radical (unpaired) electrons. The van der Waals surface area contributed by atoms with E-state index < -0.39 is 0 Å². The first-order chi connectivity index (χ1) is 8.24. The predicted molar refractivity (Wildman–Crippen MR) is 63.2 cm³/mol. The summed E-state index contributed by atoms with van der Waals surface area (Å²) in [5, 5.41) is 8.00.